The molecule has 0 saturated carbocycles. The second kappa shape index (κ2) is 5.41. The zero-order chi connectivity index (χ0) is 10.4. The highest BCUT2D eigenvalue weighted by molar-refractivity contribution is 5.60. The molecule has 0 spiro atoms. The van der Waals surface area contributed by atoms with Crippen molar-refractivity contribution in [3.05, 3.63) is 0 Å². The minimum atomic E-state index is -0.782. The Morgan fingerprint density at radius 2 is 1.77 bits per heavy atom. The lowest BCUT2D eigenvalue weighted by Gasteiger charge is -2.14. The van der Waals surface area contributed by atoms with Gasteiger partial charge in [0.15, 0.2) is 6.10 Å². The van der Waals surface area contributed by atoms with Gasteiger partial charge >= 0.3 is 6.16 Å². The molecule has 0 aliphatic heterocycles. The Balaban J connectivity index is 3.97. The Morgan fingerprint density at radius 1 is 1.23 bits per heavy atom. The van der Waals surface area contributed by atoms with Gasteiger partial charge in [0, 0.05) is 5.92 Å². The molecule has 0 saturated heterocycles. The molecule has 0 heterocycles. The fraction of sp³-hybridized carbons (Fsp3) is 0.778. The summed E-state index contributed by atoms with van der Waals surface area (Å²) in [6.45, 7) is 7.04. The zero-order valence-electron chi connectivity index (χ0n) is 8.40. The van der Waals surface area contributed by atoms with Gasteiger partial charge in [-0.2, -0.15) is 5.26 Å². The van der Waals surface area contributed by atoms with Crippen LogP contribution in [0.25, 0.3) is 0 Å². The van der Waals surface area contributed by atoms with E-state index in [9.17, 15) is 4.79 Å². The van der Waals surface area contributed by atoms with Crippen LogP contribution in [0.5, 0.6) is 0 Å². The van der Waals surface area contributed by atoms with Crippen LogP contribution in [0.3, 0.4) is 0 Å². The highest BCUT2D eigenvalue weighted by Crippen LogP contribution is 2.07. The number of nitrogens with zero attached hydrogens (tertiary/aromatic N) is 1. The van der Waals surface area contributed by atoms with Crippen LogP contribution in [0.15, 0.2) is 0 Å². The molecule has 1 atom stereocenters. The Labute approximate surface area is 78.4 Å². The van der Waals surface area contributed by atoms with Crippen molar-refractivity contribution < 1.29 is 14.3 Å². The summed E-state index contributed by atoms with van der Waals surface area (Å²) in [7, 11) is 0. The first-order chi connectivity index (χ1) is 5.97. The molecule has 1 unspecified atom stereocenters. The number of nitriles is 1. The van der Waals surface area contributed by atoms with Crippen LogP contribution in [-0.4, -0.2) is 18.4 Å². The summed E-state index contributed by atoms with van der Waals surface area (Å²) in [5, 5.41) is 8.60. The van der Waals surface area contributed by atoms with Crippen molar-refractivity contribution in [1.82, 2.24) is 0 Å². The van der Waals surface area contributed by atoms with Crippen molar-refractivity contribution in [2.75, 3.05) is 0 Å². The van der Waals surface area contributed by atoms with Gasteiger partial charge in [0.1, 0.15) is 6.07 Å². The van der Waals surface area contributed by atoms with E-state index in [-0.39, 0.29) is 12.0 Å². The smallest absolute Gasteiger partial charge is 0.432 e. The monoisotopic (exact) mass is 185 g/mol. The molecule has 0 aliphatic carbocycles. The molecule has 0 aromatic carbocycles. The maximum absolute atomic E-state index is 10.9. The summed E-state index contributed by atoms with van der Waals surface area (Å²) in [6.07, 6.45) is -1.74. The van der Waals surface area contributed by atoms with Crippen LogP contribution in [-0.2, 0) is 9.47 Å². The third-order valence-corrected chi connectivity index (χ3v) is 1.29. The predicted molar refractivity (Wildman–Crippen MR) is 46.9 cm³/mol. The van der Waals surface area contributed by atoms with Crippen LogP contribution in [0, 0.1) is 17.2 Å². The van der Waals surface area contributed by atoms with Gasteiger partial charge in [-0.25, -0.2) is 4.79 Å². The van der Waals surface area contributed by atoms with E-state index >= 15 is 0 Å². The van der Waals surface area contributed by atoms with E-state index in [1.165, 1.54) is 0 Å². The topological polar surface area (TPSA) is 59.3 Å². The van der Waals surface area contributed by atoms with E-state index in [1.54, 1.807) is 27.7 Å². The summed E-state index contributed by atoms with van der Waals surface area (Å²) in [4.78, 5) is 10.9. The maximum Gasteiger partial charge on any atom is 0.509 e. The van der Waals surface area contributed by atoms with E-state index in [0.29, 0.717) is 0 Å². The van der Waals surface area contributed by atoms with Crippen molar-refractivity contribution in [3.8, 4) is 6.07 Å². The van der Waals surface area contributed by atoms with Crippen LogP contribution in [0.1, 0.15) is 27.7 Å². The van der Waals surface area contributed by atoms with Crippen molar-refractivity contribution in [2.45, 2.75) is 39.9 Å². The van der Waals surface area contributed by atoms with Gasteiger partial charge in [0.05, 0.1) is 6.10 Å². The third kappa shape index (κ3) is 5.07. The molecule has 0 amide bonds. The fourth-order valence-corrected chi connectivity index (χ4v) is 0.635. The third-order valence-electron chi connectivity index (χ3n) is 1.29. The zero-order valence-corrected chi connectivity index (χ0v) is 8.40. The average Bonchev–Trinajstić information content (AvgIpc) is 1.98. The number of carbonyl (C=O) groups is 1. The van der Waals surface area contributed by atoms with Gasteiger partial charge in [-0.3, -0.25) is 0 Å². The first-order valence-corrected chi connectivity index (χ1v) is 4.24. The van der Waals surface area contributed by atoms with E-state index < -0.39 is 12.3 Å². The molecular formula is C9H15NO3. The number of rotatable bonds is 3. The van der Waals surface area contributed by atoms with E-state index in [4.69, 9.17) is 14.7 Å². The molecular weight excluding hydrogens is 170 g/mol. The summed E-state index contributed by atoms with van der Waals surface area (Å²) < 4.78 is 9.47. The summed E-state index contributed by atoms with van der Waals surface area (Å²) in [5.74, 6) is -0.0234. The molecule has 0 aromatic rings. The molecule has 0 fully saturated rings. The van der Waals surface area contributed by atoms with Gasteiger partial charge < -0.3 is 9.47 Å². The van der Waals surface area contributed by atoms with Gasteiger partial charge in [-0.15, -0.1) is 0 Å². The minimum absolute atomic E-state index is 0.0234. The second-order valence-corrected chi connectivity index (χ2v) is 3.33. The lowest BCUT2D eigenvalue weighted by molar-refractivity contribution is 0.0103. The SMILES string of the molecule is CC(C)OC(=O)OC(C#N)C(C)C. The molecule has 0 aromatic heterocycles. The highest BCUT2D eigenvalue weighted by atomic mass is 16.7. The normalized spacial score (nSPS) is 12.4. The predicted octanol–water partition coefficient (Wildman–Crippen LogP) is 2.10. The largest absolute Gasteiger partial charge is 0.509 e. The van der Waals surface area contributed by atoms with E-state index in [1.807, 2.05) is 6.07 Å². The Bertz CT molecular complexity index is 205. The quantitative estimate of drug-likeness (QED) is 0.632. The van der Waals surface area contributed by atoms with Crippen LogP contribution >= 0.6 is 0 Å². The molecule has 74 valence electrons. The molecule has 0 N–H and O–H groups in total. The molecule has 4 heteroatoms. The molecule has 0 radical (unpaired) electrons. The van der Waals surface area contributed by atoms with Crippen molar-refractivity contribution in [3.63, 3.8) is 0 Å². The summed E-state index contributed by atoms with van der Waals surface area (Å²) >= 11 is 0. The maximum atomic E-state index is 10.9. The van der Waals surface area contributed by atoms with Gasteiger partial charge in [-0.1, -0.05) is 13.8 Å². The second-order valence-electron chi connectivity index (χ2n) is 3.33. The summed E-state index contributed by atoms with van der Waals surface area (Å²) in [6, 6.07) is 1.88. The van der Waals surface area contributed by atoms with Gasteiger partial charge in [0.2, 0.25) is 0 Å². The lowest BCUT2D eigenvalue weighted by Crippen LogP contribution is -2.24. The fourth-order valence-electron chi connectivity index (χ4n) is 0.635. The molecule has 0 rings (SSSR count). The molecule has 13 heavy (non-hydrogen) atoms. The van der Waals surface area contributed by atoms with Crippen molar-refractivity contribution >= 4 is 6.16 Å². The lowest BCUT2D eigenvalue weighted by atomic mass is 10.1. The average molecular weight is 185 g/mol. The van der Waals surface area contributed by atoms with Crippen LogP contribution in [0.4, 0.5) is 4.79 Å². The Hall–Kier alpha value is -1.24. The number of carbonyl (C=O) groups excluding carboxylic acids is 1. The van der Waals surface area contributed by atoms with Crippen molar-refractivity contribution in [1.29, 1.82) is 5.26 Å². The van der Waals surface area contributed by atoms with E-state index in [0.717, 1.165) is 0 Å². The van der Waals surface area contributed by atoms with Gasteiger partial charge in [-0.05, 0) is 13.8 Å². The van der Waals surface area contributed by atoms with Crippen LogP contribution in [0.2, 0.25) is 0 Å². The first kappa shape index (κ1) is 11.8. The standard InChI is InChI=1S/C9H15NO3/c1-6(2)8(5-10)13-9(11)12-7(3)4/h6-8H,1-4H3. The minimum Gasteiger partial charge on any atom is -0.432 e. The highest BCUT2D eigenvalue weighted by Gasteiger charge is 2.18. The molecule has 4 nitrogen and oxygen atoms in total. The molecule has 0 aliphatic rings. The number of ether oxygens (including phenoxy) is 2. The first-order valence-electron chi connectivity index (χ1n) is 4.24. The summed E-state index contributed by atoms with van der Waals surface area (Å²) in [5.41, 5.74) is 0. The van der Waals surface area contributed by atoms with Crippen LogP contribution < -0.4 is 0 Å². The van der Waals surface area contributed by atoms with Gasteiger partial charge in [0.25, 0.3) is 0 Å². The number of hydrogen-bond acceptors (Lipinski definition) is 4. The Morgan fingerprint density at radius 3 is 2.08 bits per heavy atom. The van der Waals surface area contributed by atoms with Crippen molar-refractivity contribution in [2.24, 2.45) is 5.92 Å². The number of hydrogen-bond donors (Lipinski definition) is 0. The molecule has 0 bridgehead atoms. The van der Waals surface area contributed by atoms with E-state index in [2.05, 4.69) is 0 Å². The Kier molecular flexibility index (Phi) is 4.90.